The lowest BCUT2D eigenvalue weighted by atomic mass is 10.00. The van der Waals surface area contributed by atoms with Crippen LogP contribution in [0.15, 0.2) is 42.7 Å². The average molecular weight is 289 g/mol. The highest BCUT2D eigenvalue weighted by Gasteiger charge is 2.25. The lowest BCUT2D eigenvalue weighted by molar-refractivity contribution is -0.124. The summed E-state index contributed by atoms with van der Waals surface area (Å²) in [4.78, 5) is 11.7. The van der Waals surface area contributed by atoms with Gasteiger partial charge >= 0.3 is 0 Å². The highest BCUT2D eigenvalue weighted by molar-refractivity contribution is 5.77. The van der Waals surface area contributed by atoms with Crippen molar-refractivity contribution in [3.8, 4) is 5.75 Å². The summed E-state index contributed by atoms with van der Waals surface area (Å²) in [5, 5.41) is 17.0. The van der Waals surface area contributed by atoms with Crippen molar-refractivity contribution in [2.24, 2.45) is 7.05 Å². The number of aliphatic hydroxyl groups is 1. The Morgan fingerprint density at radius 1 is 1.43 bits per heavy atom. The van der Waals surface area contributed by atoms with E-state index in [9.17, 15) is 9.90 Å². The number of benzene rings is 1. The molecule has 1 unspecified atom stereocenters. The largest absolute Gasteiger partial charge is 0.484 e. The van der Waals surface area contributed by atoms with Crippen molar-refractivity contribution in [2.45, 2.75) is 12.5 Å². The summed E-state index contributed by atoms with van der Waals surface area (Å²) in [6, 6.07) is 9.09. The van der Waals surface area contributed by atoms with E-state index in [1.807, 2.05) is 18.2 Å². The predicted molar refractivity (Wildman–Crippen MR) is 77.7 cm³/mol. The zero-order valence-corrected chi connectivity index (χ0v) is 12.1. The molecule has 0 aliphatic carbocycles. The molecule has 0 aliphatic heterocycles. The predicted octanol–water partition coefficient (Wildman–Crippen LogP) is 0.823. The van der Waals surface area contributed by atoms with Gasteiger partial charge in [0.2, 0.25) is 0 Å². The van der Waals surface area contributed by atoms with E-state index in [4.69, 9.17) is 4.74 Å². The highest BCUT2D eigenvalue weighted by Crippen LogP contribution is 2.18. The molecule has 0 saturated carbocycles. The first-order valence-corrected chi connectivity index (χ1v) is 6.63. The number of aryl methyl sites for hydroxylation is 1. The summed E-state index contributed by atoms with van der Waals surface area (Å²) in [5.41, 5.74) is -0.522. The summed E-state index contributed by atoms with van der Waals surface area (Å²) in [7, 11) is 1.77. The fourth-order valence-electron chi connectivity index (χ4n) is 1.79. The minimum Gasteiger partial charge on any atom is -0.484 e. The van der Waals surface area contributed by atoms with Crippen LogP contribution < -0.4 is 10.1 Å². The Morgan fingerprint density at radius 3 is 2.76 bits per heavy atom. The molecule has 1 heterocycles. The molecule has 112 valence electrons. The van der Waals surface area contributed by atoms with Crippen molar-refractivity contribution in [3.63, 3.8) is 0 Å². The number of ether oxygens (including phenoxy) is 1. The fraction of sp³-hybridized carbons (Fsp3) is 0.333. The highest BCUT2D eigenvalue weighted by atomic mass is 16.5. The molecule has 0 fully saturated rings. The van der Waals surface area contributed by atoms with E-state index < -0.39 is 5.60 Å². The van der Waals surface area contributed by atoms with Gasteiger partial charge in [-0.1, -0.05) is 18.2 Å². The van der Waals surface area contributed by atoms with Gasteiger partial charge in [0, 0.05) is 18.8 Å². The van der Waals surface area contributed by atoms with Gasteiger partial charge in [0.05, 0.1) is 12.7 Å². The molecule has 6 nitrogen and oxygen atoms in total. The average Bonchev–Trinajstić information content (AvgIpc) is 2.92. The van der Waals surface area contributed by atoms with Crippen LogP contribution in [-0.2, 0) is 17.4 Å². The number of aromatic nitrogens is 2. The summed E-state index contributed by atoms with van der Waals surface area (Å²) in [5.74, 6) is 0.342. The minimum absolute atomic E-state index is 0.0901. The van der Waals surface area contributed by atoms with Crippen molar-refractivity contribution in [1.82, 2.24) is 15.1 Å². The Kier molecular flexibility index (Phi) is 4.59. The van der Waals surface area contributed by atoms with Crippen molar-refractivity contribution >= 4 is 5.91 Å². The number of hydrogen-bond acceptors (Lipinski definition) is 4. The molecule has 0 saturated heterocycles. The maximum atomic E-state index is 11.7. The molecule has 6 heteroatoms. The molecule has 1 atom stereocenters. The fourth-order valence-corrected chi connectivity index (χ4v) is 1.79. The number of carbonyl (C=O) groups is 1. The summed E-state index contributed by atoms with van der Waals surface area (Å²) in [6.07, 6.45) is 3.29. The third kappa shape index (κ3) is 4.32. The molecule has 0 aliphatic rings. The second kappa shape index (κ2) is 6.41. The van der Waals surface area contributed by atoms with Crippen molar-refractivity contribution in [1.29, 1.82) is 0 Å². The lowest BCUT2D eigenvalue weighted by Gasteiger charge is -2.22. The van der Waals surface area contributed by atoms with E-state index in [0.717, 1.165) is 0 Å². The summed E-state index contributed by atoms with van der Waals surface area (Å²) >= 11 is 0. The van der Waals surface area contributed by atoms with E-state index in [-0.39, 0.29) is 19.1 Å². The van der Waals surface area contributed by atoms with Crippen LogP contribution in [0, 0.1) is 0 Å². The lowest BCUT2D eigenvalue weighted by Crippen LogP contribution is -2.40. The first-order valence-electron chi connectivity index (χ1n) is 6.63. The van der Waals surface area contributed by atoms with Crippen LogP contribution in [-0.4, -0.2) is 33.9 Å². The number of hydrogen-bond donors (Lipinski definition) is 2. The van der Waals surface area contributed by atoms with Gasteiger partial charge in [0.15, 0.2) is 6.61 Å². The van der Waals surface area contributed by atoms with Gasteiger partial charge < -0.3 is 15.2 Å². The molecular weight excluding hydrogens is 270 g/mol. The quantitative estimate of drug-likeness (QED) is 0.825. The Morgan fingerprint density at radius 2 is 2.14 bits per heavy atom. The third-order valence-corrected chi connectivity index (χ3v) is 3.07. The molecule has 21 heavy (non-hydrogen) atoms. The van der Waals surface area contributed by atoms with Crippen molar-refractivity contribution < 1.29 is 14.6 Å². The number of carbonyl (C=O) groups excluding carboxylic acids is 1. The van der Waals surface area contributed by atoms with E-state index >= 15 is 0 Å². The SMILES string of the molecule is Cn1cc(C(C)(O)CNC(=O)COc2ccccc2)cn1. The van der Waals surface area contributed by atoms with Crippen molar-refractivity contribution in [2.75, 3.05) is 13.2 Å². The molecule has 1 aromatic carbocycles. The molecule has 0 bridgehead atoms. The van der Waals surface area contributed by atoms with Gasteiger partial charge in [-0.05, 0) is 19.1 Å². The Balaban J connectivity index is 1.81. The van der Waals surface area contributed by atoms with E-state index in [0.29, 0.717) is 11.3 Å². The van der Waals surface area contributed by atoms with Gasteiger partial charge in [-0.2, -0.15) is 5.10 Å². The number of nitrogens with one attached hydrogen (secondary N) is 1. The van der Waals surface area contributed by atoms with Gasteiger partial charge in [0.25, 0.3) is 5.91 Å². The van der Waals surface area contributed by atoms with Crippen LogP contribution in [0.1, 0.15) is 12.5 Å². The zero-order valence-electron chi connectivity index (χ0n) is 12.1. The maximum Gasteiger partial charge on any atom is 0.258 e. The molecule has 0 spiro atoms. The van der Waals surface area contributed by atoms with E-state index in [1.54, 1.807) is 43.2 Å². The summed E-state index contributed by atoms with van der Waals surface area (Å²) < 4.78 is 6.93. The van der Waals surface area contributed by atoms with Crippen LogP contribution in [0.25, 0.3) is 0 Å². The Hall–Kier alpha value is -2.34. The number of rotatable bonds is 6. The molecular formula is C15H19N3O3. The van der Waals surface area contributed by atoms with Crippen LogP contribution in [0.2, 0.25) is 0 Å². The van der Waals surface area contributed by atoms with Crippen LogP contribution >= 0.6 is 0 Å². The van der Waals surface area contributed by atoms with Gasteiger partial charge in [-0.15, -0.1) is 0 Å². The normalized spacial score (nSPS) is 13.5. The molecule has 1 aromatic heterocycles. The standard InChI is InChI=1S/C15H19N3O3/c1-15(20,12-8-17-18(2)9-12)11-16-14(19)10-21-13-6-4-3-5-7-13/h3-9,20H,10-11H2,1-2H3,(H,16,19). The first-order chi connectivity index (χ1) is 9.97. The van der Waals surface area contributed by atoms with Crippen LogP contribution in [0.5, 0.6) is 5.75 Å². The molecule has 2 N–H and O–H groups in total. The zero-order chi connectivity index (χ0) is 15.3. The van der Waals surface area contributed by atoms with Gasteiger partial charge in [0.1, 0.15) is 11.4 Å². The monoisotopic (exact) mass is 289 g/mol. The maximum absolute atomic E-state index is 11.7. The molecule has 1 amide bonds. The van der Waals surface area contributed by atoms with E-state index in [1.165, 1.54) is 0 Å². The van der Waals surface area contributed by atoms with Crippen LogP contribution in [0.3, 0.4) is 0 Å². The molecule has 2 aromatic rings. The third-order valence-electron chi connectivity index (χ3n) is 3.07. The van der Waals surface area contributed by atoms with Crippen molar-refractivity contribution in [3.05, 3.63) is 48.3 Å². The first kappa shape index (κ1) is 15.1. The van der Waals surface area contributed by atoms with Crippen LogP contribution in [0.4, 0.5) is 0 Å². The number of nitrogens with zero attached hydrogens (tertiary/aromatic N) is 2. The smallest absolute Gasteiger partial charge is 0.258 e. The minimum atomic E-state index is -1.17. The molecule has 2 rings (SSSR count). The van der Waals surface area contributed by atoms with Gasteiger partial charge in [-0.3, -0.25) is 9.48 Å². The Bertz CT molecular complexity index is 593. The van der Waals surface area contributed by atoms with Gasteiger partial charge in [-0.25, -0.2) is 0 Å². The second-order valence-electron chi connectivity index (χ2n) is 5.05. The topological polar surface area (TPSA) is 76.4 Å². The Labute approximate surface area is 123 Å². The number of amides is 1. The van der Waals surface area contributed by atoms with E-state index in [2.05, 4.69) is 10.4 Å². The summed E-state index contributed by atoms with van der Waals surface area (Å²) in [6.45, 7) is 1.63. The second-order valence-corrected chi connectivity index (χ2v) is 5.05. The number of para-hydroxylation sites is 1. The molecule has 0 radical (unpaired) electrons.